The molecule has 8 aromatic carbocycles. The summed E-state index contributed by atoms with van der Waals surface area (Å²) in [6.07, 6.45) is 46.4. The molecule has 2 N–H and O–H groups in total. The van der Waals surface area contributed by atoms with E-state index in [0.717, 1.165) is 100 Å². The molecular formula is C109H146BF8NaO7-. The number of aliphatic hydroxyl groups excluding tert-OH is 1. The van der Waals surface area contributed by atoms with Crippen LogP contribution in [0, 0.1) is 88.0 Å². The predicted octanol–water partition coefficient (Wildman–Crippen LogP) is 28.7. The van der Waals surface area contributed by atoms with Crippen molar-refractivity contribution >= 4 is 14.2 Å². The first-order valence-corrected chi connectivity index (χ1v) is 47.0. The molecule has 3 fully saturated rings. The van der Waals surface area contributed by atoms with Gasteiger partial charge in [-0.15, -0.1) is 0 Å². The first-order valence-electron chi connectivity index (χ1n) is 47.0. The second kappa shape index (κ2) is 59.2. The van der Waals surface area contributed by atoms with Gasteiger partial charge in [-0.3, -0.25) is 4.79 Å². The van der Waals surface area contributed by atoms with E-state index in [1.165, 1.54) is 195 Å². The zero-order valence-electron chi connectivity index (χ0n) is 77.6. The number of aliphatic hydroxyl groups is 1. The van der Waals surface area contributed by atoms with Crippen molar-refractivity contribution in [1.82, 2.24) is 0 Å². The summed E-state index contributed by atoms with van der Waals surface area (Å²) in [5.74, 6) is -2.54. The maximum Gasteiger partial charge on any atom is 1.00 e. The third kappa shape index (κ3) is 33.9. The SMILES string of the molecule is C.CCCCCC1=CCC(CCc2ccc(-c3ccc(OCC)c(F)c3F)cc2)CC1.CCCCCC1CCC(CCc2ccc(-c3ccc(OCC)c(F)c3F)cc2)CC1.CCCCCC1CCC(CCc2ccc(-c3ccc(OCC)c(F)c3F)cc2)CC1=O.CCCCCC1CCC(CCc2ccc(-c3ccc(OCC)c(F)c3F)cc2)CC1O.[B].[H-].[Na+].[OH-]. The topological polar surface area (TPSA) is 104 Å². The van der Waals surface area contributed by atoms with Gasteiger partial charge in [-0.2, -0.15) is 17.6 Å². The fourth-order valence-corrected chi connectivity index (χ4v) is 18.4. The standard InChI is InChI=1S/C27H36F2O2.C27H34F2O2.C27H36F2O.C27H34F2O.CH4.B.Na.H2O.H/c2*1-3-5-6-7-22-15-12-20(18-24(22)30)9-8-19-10-13-21(14-11-19)23-16-17-25(31-4-2)27(29)26(23)28;2*1-3-5-6-7-20-8-10-21(11-9-20)12-13-22-14-16-23(17-15-22)24-18-19-25(30-4-2)27(29)26(24)28;;;;;/h10-11,13-14,16-17,20,22,24,30H,3-9,12,15,18H2,1-2H3;10-11,13-14,16-17,20,22H,3-9,12,15,18H2,1-2H3;14-21H,3-13H2,1-2H3;8,14-19,21H,3-7,9-13H2,1-2H3;1H4;;;1H2;/q;;;;;;+1;;-1/p-1. The summed E-state index contributed by atoms with van der Waals surface area (Å²) in [5.41, 5.74) is 10.3. The summed E-state index contributed by atoms with van der Waals surface area (Å²) >= 11 is 0. The molecule has 0 bridgehead atoms. The Morgan fingerprint density at radius 1 is 0.341 bits per heavy atom. The fraction of sp³-hybridized carbons (Fsp3) is 0.532. The number of carbonyl (C=O) groups excluding carboxylic acids is 1. The Balaban J connectivity index is 0.000000350. The second-order valence-corrected chi connectivity index (χ2v) is 34.8. The summed E-state index contributed by atoms with van der Waals surface area (Å²) in [6, 6.07) is 43.4. The van der Waals surface area contributed by atoms with Gasteiger partial charge in [0.2, 0.25) is 23.3 Å². The average molecular weight is 1750 g/mol. The number of allylic oxidation sites excluding steroid dienone is 2. The van der Waals surface area contributed by atoms with Crippen LogP contribution in [0.1, 0.15) is 298 Å². The Labute approximate surface area is 777 Å². The van der Waals surface area contributed by atoms with Crippen LogP contribution in [0.5, 0.6) is 23.0 Å². The minimum absolute atomic E-state index is 0. The molecule has 17 heteroatoms. The van der Waals surface area contributed by atoms with Crippen LogP contribution in [0.4, 0.5) is 35.1 Å². The molecule has 0 heterocycles. The minimum Gasteiger partial charge on any atom is -1.00 e. The molecule has 3 saturated carbocycles. The normalized spacial score (nSPS) is 18.3. The van der Waals surface area contributed by atoms with Gasteiger partial charge in [0, 0.05) is 43.0 Å². The molecule has 6 unspecified atom stereocenters. The van der Waals surface area contributed by atoms with E-state index in [-0.39, 0.29) is 116 Å². The van der Waals surface area contributed by atoms with Gasteiger partial charge in [0.15, 0.2) is 46.3 Å². The van der Waals surface area contributed by atoms with E-state index in [1.807, 2.05) is 84.9 Å². The summed E-state index contributed by atoms with van der Waals surface area (Å²) in [7, 11) is 0. The number of rotatable bonds is 40. The van der Waals surface area contributed by atoms with E-state index in [2.05, 4.69) is 45.9 Å². The molecule has 685 valence electrons. The smallest absolute Gasteiger partial charge is 1.00 e. The molecule has 0 aliphatic heterocycles. The molecule has 4 aliphatic rings. The monoisotopic (exact) mass is 1750 g/mol. The third-order valence-corrected chi connectivity index (χ3v) is 26.0. The van der Waals surface area contributed by atoms with Gasteiger partial charge in [0.1, 0.15) is 5.78 Å². The summed E-state index contributed by atoms with van der Waals surface area (Å²) in [4.78, 5) is 12.5. The van der Waals surface area contributed by atoms with Crippen molar-refractivity contribution in [2.75, 3.05) is 26.4 Å². The van der Waals surface area contributed by atoms with Crippen molar-refractivity contribution < 1.29 is 100 Å². The van der Waals surface area contributed by atoms with Crippen LogP contribution in [-0.2, 0) is 30.5 Å². The number of ketones is 1. The number of unbranched alkanes of at least 4 members (excludes halogenated alkanes) is 8. The third-order valence-electron chi connectivity index (χ3n) is 26.0. The molecule has 126 heavy (non-hydrogen) atoms. The van der Waals surface area contributed by atoms with Gasteiger partial charge in [0.05, 0.1) is 32.5 Å². The van der Waals surface area contributed by atoms with Gasteiger partial charge >= 0.3 is 29.6 Å². The summed E-state index contributed by atoms with van der Waals surface area (Å²) < 4.78 is 135. The van der Waals surface area contributed by atoms with Crippen LogP contribution in [0.3, 0.4) is 0 Å². The van der Waals surface area contributed by atoms with Crippen molar-refractivity contribution in [3.8, 4) is 67.5 Å². The van der Waals surface area contributed by atoms with Gasteiger partial charge in [-0.1, -0.05) is 247 Å². The largest absolute Gasteiger partial charge is 1.00 e. The first kappa shape index (κ1) is 109. The quantitative estimate of drug-likeness (QED) is 0.0177. The fourth-order valence-electron chi connectivity index (χ4n) is 18.4. The van der Waals surface area contributed by atoms with Crippen LogP contribution in [0.15, 0.2) is 157 Å². The Morgan fingerprint density at radius 3 is 1.00 bits per heavy atom. The van der Waals surface area contributed by atoms with E-state index in [1.54, 1.807) is 57.5 Å². The molecule has 12 rings (SSSR count). The predicted molar refractivity (Wildman–Crippen MR) is 501 cm³/mol. The number of hydrogen-bond donors (Lipinski definition) is 1. The van der Waals surface area contributed by atoms with Crippen molar-refractivity contribution in [2.24, 2.45) is 41.4 Å². The molecule has 0 spiro atoms. The number of hydrogen-bond acceptors (Lipinski definition) is 7. The number of ether oxygens (including phenoxy) is 4. The van der Waals surface area contributed by atoms with E-state index in [9.17, 15) is 45.0 Å². The zero-order chi connectivity index (χ0) is 87.1. The van der Waals surface area contributed by atoms with E-state index in [4.69, 9.17) is 18.9 Å². The van der Waals surface area contributed by atoms with Gasteiger partial charge in [-0.05, 0) is 285 Å². The Bertz CT molecular complexity index is 4450. The Kier molecular flexibility index (Phi) is 51.3. The van der Waals surface area contributed by atoms with Crippen LogP contribution in [-0.4, -0.2) is 57.3 Å². The van der Waals surface area contributed by atoms with Crippen molar-refractivity contribution in [2.45, 2.75) is 306 Å². The van der Waals surface area contributed by atoms with Crippen LogP contribution >= 0.6 is 0 Å². The molecular weight excluding hydrogens is 1610 g/mol. The Morgan fingerprint density at radius 2 is 0.659 bits per heavy atom. The number of halogens is 8. The molecule has 4 aliphatic carbocycles. The maximum atomic E-state index is 14.5. The zero-order valence-corrected chi connectivity index (χ0v) is 78.6. The molecule has 6 atom stereocenters. The van der Waals surface area contributed by atoms with Crippen LogP contribution in [0.25, 0.3) is 44.5 Å². The van der Waals surface area contributed by atoms with Crippen LogP contribution < -0.4 is 48.5 Å². The first-order chi connectivity index (χ1) is 59.3. The molecule has 0 amide bonds. The Hall–Kier alpha value is -7.21. The molecule has 3 radical (unpaired) electrons. The summed E-state index contributed by atoms with van der Waals surface area (Å²) in [5, 5.41) is 10.5. The number of aryl methyl sites for hydroxylation is 4. The number of Topliss-reactive ketones (excluding diaryl/α,β-unsaturated/α-hetero) is 1. The van der Waals surface area contributed by atoms with Crippen LogP contribution in [0.2, 0.25) is 0 Å². The maximum absolute atomic E-state index is 14.5. The van der Waals surface area contributed by atoms with Crippen molar-refractivity contribution in [3.63, 3.8) is 0 Å². The van der Waals surface area contributed by atoms with Gasteiger partial charge < -0.3 is 31.0 Å². The molecule has 8 aromatic rings. The van der Waals surface area contributed by atoms with E-state index < -0.39 is 46.5 Å². The van der Waals surface area contributed by atoms with Crippen molar-refractivity contribution in [1.29, 1.82) is 0 Å². The molecule has 7 nitrogen and oxygen atoms in total. The molecule has 0 aromatic heterocycles. The number of benzene rings is 8. The average Bonchev–Trinajstić information content (AvgIpc) is 0.822. The molecule has 0 saturated heterocycles. The minimum atomic E-state index is -0.946. The van der Waals surface area contributed by atoms with Crippen molar-refractivity contribution in [3.05, 3.63) is 226 Å². The number of carbonyl (C=O) groups is 1. The van der Waals surface area contributed by atoms with Gasteiger partial charge in [-0.25, -0.2) is 17.6 Å². The van der Waals surface area contributed by atoms with E-state index in [0.29, 0.717) is 72.0 Å². The van der Waals surface area contributed by atoms with Gasteiger partial charge in [0.25, 0.3) is 0 Å². The second-order valence-electron chi connectivity index (χ2n) is 34.8. The van der Waals surface area contributed by atoms with E-state index >= 15 is 0 Å². The summed E-state index contributed by atoms with van der Waals surface area (Å²) in [6.45, 7) is 17.1.